The Morgan fingerprint density at radius 2 is 2.04 bits per heavy atom. The molecule has 1 aromatic carbocycles. The minimum atomic E-state index is -0.429. The van der Waals surface area contributed by atoms with Gasteiger partial charge in [-0.25, -0.2) is 0 Å². The van der Waals surface area contributed by atoms with Crippen molar-refractivity contribution in [2.75, 3.05) is 39.4 Å². The summed E-state index contributed by atoms with van der Waals surface area (Å²) in [5.41, 5.74) is 4.33. The molecule has 0 spiro atoms. The summed E-state index contributed by atoms with van der Waals surface area (Å²) in [4.78, 5) is 12.5. The minimum absolute atomic E-state index is 0.0554. The SMILES string of the molecule is C/C(=N\NC(=S)NCCN1CCOCC1)c1ccc([N+](=O)[O-])cc1. The van der Waals surface area contributed by atoms with Crippen molar-refractivity contribution in [2.45, 2.75) is 6.92 Å². The molecule has 2 rings (SSSR count). The molecular weight excluding hydrogens is 330 g/mol. The molecule has 0 amide bonds. The molecule has 0 bridgehead atoms. The number of benzene rings is 1. The number of non-ortho nitro benzene ring substituents is 1. The van der Waals surface area contributed by atoms with Gasteiger partial charge in [0, 0.05) is 38.3 Å². The molecule has 8 nitrogen and oxygen atoms in total. The van der Waals surface area contributed by atoms with Gasteiger partial charge in [0.1, 0.15) is 0 Å². The Labute approximate surface area is 146 Å². The number of nitro groups is 1. The summed E-state index contributed by atoms with van der Waals surface area (Å²) in [5.74, 6) is 0. The molecule has 1 aromatic rings. The molecule has 130 valence electrons. The lowest BCUT2D eigenvalue weighted by atomic mass is 10.1. The Kier molecular flexibility index (Phi) is 7.04. The highest BCUT2D eigenvalue weighted by molar-refractivity contribution is 7.80. The zero-order chi connectivity index (χ0) is 17.4. The fraction of sp³-hybridized carbons (Fsp3) is 0.467. The lowest BCUT2D eigenvalue weighted by Gasteiger charge is -2.26. The molecule has 0 aliphatic carbocycles. The van der Waals surface area contributed by atoms with Crippen LogP contribution < -0.4 is 10.7 Å². The molecule has 0 aromatic heterocycles. The fourth-order valence-corrected chi connectivity index (χ4v) is 2.36. The quantitative estimate of drug-likeness (QED) is 0.343. The first-order valence-corrected chi connectivity index (χ1v) is 8.10. The highest BCUT2D eigenvalue weighted by Gasteiger charge is 2.09. The summed E-state index contributed by atoms with van der Waals surface area (Å²) in [5, 5.41) is 18.4. The third-order valence-electron chi connectivity index (χ3n) is 3.64. The molecule has 1 saturated heterocycles. The Morgan fingerprint density at radius 3 is 2.67 bits per heavy atom. The maximum Gasteiger partial charge on any atom is 0.269 e. The topological polar surface area (TPSA) is 92.0 Å². The van der Waals surface area contributed by atoms with E-state index in [1.165, 1.54) is 12.1 Å². The van der Waals surface area contributed by atoms with E-state index >= 15 is 0 Å². The predicted molar refractivity (Wildman–Crippen MR) is 96.3 cm³/mol. The Balaban J connectivity index is 1.74. The molecule has 1 heterocycles. The van der Waals surface area contributed by atoms with Gasteiger partial charge in [0.05, 0.1) is 23.8 Å². The second-order valence-electron chi connectivity index (χ2n) is 5.32. The first-order valence-electron chi connectivity index (χ1n) is 7.69. The van der Waals surface area contributed by atoms with Crippen molar-refractivity contribution >= 4 is 28.7 Å². The first kappa shape index (κ1) is 18.2. The monoisotopic (exact) mass is 351 g/mol. The van der Waals surface area contributed by atoms with E-state index in [0.29, 0.717) is 10.8 Å². The van der Waals surface area contributed by atoms with Crippen LogP contribution in [0.5, 0.6) is 0 Å². The zero-order valence-electron chi connectivity index (χ0n) is 13.5. The molecule has 9 heteroatoms. The van der Waals surface area contributed by atoms with E-state index in [1.807, 2.05) is 6.92 Å². The molecule has 2 N–H and O–H groups in total. The van der Waals surface area contributed by atoms with Crippen LogP contribution in [-0.2, 0) is 4.74 Å². The summed E-state index contributed by atoms with van der Waals surface area (Å²) in [7, 11) is 0. The maximum atomic E-state index is 10.6. The van der Waals surface area contributed by atoms with E-state index < -0.39 is 4.92 Å². The van der Waals surface area contributed by atoms with Crippen molar-refractivity contribution < 1.29 is 9.66 Å². The van der Waals surface area contributed by atoms with Crippen molar-refractivity contribution in [3.05, 3.63) is 39.9 Å². The van der Waals surface area contributed by atoms with Crippen molar-refractivity contribution in [3.8, 4) is 0 Å². The van der Waals surface area contributed by atoms with Gasteiger partial charge >= 0.3 is 0 Å². The molecule has 24 heavy (non-hydrogen) atoms. The molecule has 0 saturated carbocycles. The van der Waals surface area contributed by atoms with Crippen molar-refractivity contribution in [1.29, 1.82) is 0 Å². The van der Waals surface area contributed by atoms with Crippen molar-refractivity contribution in [2.24, 2.45) is 5.10 Å². The van der Waals surface area contributed by atoms with Crippen molar-refractivity contribution in [1.82, 2.24) is 15.6 Å². The number of nitrogens with zero attached hydrogens (tertiary/aromatic N) is 3. The number of ether oxygens (including phenoxy) is 1. The van der Waals surface area contributed by atoms with Gasteiger partial charge in [0.25, 0.3) is 5.69 Å². The van der Waals surface area contributed by atoms with Crippen LogP contribution in [0.4, 0.5) is 5.69 Å². The molecule has 1 aliphatic rings. The lowest BCUT2D eigenvalue weighted by Crippen LogP contribution is -2.42. The van der Waals surface area contributed by atoms with Crippen LogP contribution in [0.1, 0.15) is 12.5 Å². The highest BCUT2D eigenvalue weighted by Crippen LogP contribution is 2.12. The van der Waals surface area contributed by atoms with Crippen LogP contribution in [0.2, 0.25) is 0 Å². The molecule has 0 atom stereocenters. The van der Waals surface area contributed by atoms with Gasteiger partial charge in [-0.1, -0.05) is 0 Å². The molecule has 1 fully saturated rings. The lowest BCUT2D eigenvalue weighted by molar-refractivity contribution is -0.384. The maximum absolute atomic E-state index is 10.6. The zero-order valence-corrected chi connectivity index (χ0v) is 14.3. The number of hydrogen-bond donors (Lipinski definition) is 2. The van der Waals surface area contributed by atoms with Crippen LogP contribution in [0, 0.1) is 10.1 Å². The van der Waals surface area contributed by atoms with Gasteiger partial charge in [0.2, 0.25) is 0 Å². The van der Waals surface area contributed by atoms with Crippen LogP contribution >= 0.6 is 12.2 Å². The summed E-state index contributed by atoms with van der Waals surface area (Å²) < 4.78 is 5.30. The number of nitrogens with one attached hydrogen (secondary N) is 2. The fourth-order valence-electron chi connectivity index (χ4n) is 2.22. The van der Waals surface area contributed by atoms with Crippen LogP contribution in [-0.4, -0.2) is 60.0 Å². The van der Waals surface area contributed by atoms with Crippen LogP contribution in [0.3, 0.4) is 0 Å². The van der Waals surface area contributed by atoms with E-state index in [0.717, 1.165) is 45.0 Å². The van der Waals surface area contributed by atoms with E-state index in [-0.39, 0.29) is 5.69 Å². The van der Waals surface area contributed by atoms with Crippen LogP contribution in [0.15, 0.2) is 29.4 Å². The minimum Gasteiger partial charge on any atom is -0.379 e. The van der Waals surface area contributed by atoms with E-state index in [1.54, 1.807) is 12.1 Å². The summed E-state index contributed by atoms with van der Waals surface area (Å²) >= 11 is 5.18. The smallest absolute Gasteiger partial charge is 0.269 e. The second-order valence-corrected chi connectivity index (χ2v) is 5.73. The third-order valence-corrected chi connectivity index (χ3v) is 3.87. The Morgan fingerprint density at radius 1 is 1.38 bits per heavy atom. The molecule has 0 unspecified atom stereocenters. The Hall–Kier alpha value is -2.10. The van der Waals surface area contributed by atoms with Crippen molar-refractivity contribution in [3.63, 3.8) is 0 Å². The van der Waals surface area contributed by atoms with Gasteiger partial charge in [-0.3, -0.25) is 20.4 Å². The molecular formula is C15H21N5O3S. The molecule has 0 radical (unpaired) electrons. The van der Waals surface area contributed by atoms with Crippen LogP contribution in [0.25, 0.3) is 0 Å². The number of hydrogen-bond acceptors (Lipinski definition) is 6. The summed E-state index contributed by atoms with van der Waals surface area (Å²) in [6, 6.07) is 6.22. The third kappa shape index (κ3) is 5.84. The summed E-state index contributed by atoms with van der Waals surface area (Å²) in [6.07, 6.45) is 0. The van der Waals surface area contributed by atoms with Gasteiger partial charge < -0.3 is 10.1 Å². The number of rotatable bonds is 6. The Bertz CT molecular complexity index is 600. The van der Waals surface area contributed by atoms with E-state index in [9.17, 15) is 10.1 Å². The van der Waals surface area contributed by atoms with Gasteiger partial charge in [-0.2, -0.15) is 5.10 Å². The average Bonchev–Trinajstić information content (AvgIpc) is 2.60. The first-order chi connectivity index (χ1) is 11.6. The number of morpholine rings is 1. The van der Waals surface area contributed by atoms with Gasteiger partial charge in [-0.15, -0.1) is 0 Å². The average molecular weight is 351 g/mol. The predicted octanol–water partition coefficient (Wildman–Crippen LogP) is 1.12. The van der Waals surface area contributed by atoms with E-state index in [2.05, 4.69) is 20.7 Å². The number of thiocarbonyl (C=S) groups is 1. The van der Waals surface area contributed by atoms with Gasteiger partial charge in [0.15, 0.2) is 5.11 Å². The number of hydrazone groups is 1. The standard InChI is InChI=1S/C15H21N5O3S/c1-12(13-2-4-14(5-3-13)20(21)22)17-18-15(24)16-6-7-19-8-10-23-11-9-19/h2-5H,6-11H2,1H3,(H2,16,18,24)/b17-12+. The largest absolute Gasteiger partial charge is 0.379 e. The van der Waals surface area contributed by atoms with Gasteiger partial charge in [-0.05, 0) is 36.8 Å². The number of nitro benzene ring substituents is 1. The highest BCUT2D eigenvalue weighted by atomic mass is 32.1. The normalized spacial score (nSPS) is 15.8. The molecule has 1 aliphatic heterocycles. The second kappa shape index (κ2) is 9.26. The van der Waals surface area contributed by atoms with E-state index in [4.69, 9.17) is 17.0 Å². The summed E-state index contributed by atoms with van der Waals surface area (Å²) in [6.45, 7) is 6.89.